The largest absolute Gasteiger partial charge is 0.383 e. The number of carbonyl (C=O) groups is 1. The highest BCUT2D eigenvalue weighted by molar-refractivity contribution is 9.10. The van der Waals surface area contributed by atoms with Crippen LogP contribution in [0.4, 0.5) is 5.82 Å². The minimum absolute atomic E-state index is 0.240. The van der Waals surface area contributed by atoms with Crippen LogP contribution in [0.2, 0.25) is 0 Å². The van der Waals surface area contributed by atoms with Gasteiger partial charge in [0.1, 0.15) is 5.82 Å². The molecule has 2 heterocycles. The number of rotatable bonds is 1. The molecule has 0 aliphatic carbocycles. The standard InChI is InChI=1S/C9H9BrN4O/c1-12-9(15)6-7(11)14-4-2-3-5(10)8(14)13-6/h2-4H,11H2,1H3,(H,12,15). The van der Waals surface area contributed by atoms with Crippen LogP contribution < -0.4 is 11.1 Å². The summed E-state index contributed by atoms with van der Waals surface area (Å²) in [6, 6.07) is 3.66. The number of nitrogens with two attached hydrogens (primary N) is 1. The molecule has 0 aromatic carbocycles. The van der Waals surface area contributed by atoms with Crippen molar-refractivity contribution in [2.24, 2.45) is 0 Å². The molecule has 0 atom stereocenters. The van der Waals surface area contributed by atoms with Gasteiger partial charge in [-0.2, -0.15) is 0 Å². The molecule has 0 aliphatic heterocycles. The van der Waals surface area contributed by atoms with Crippen LogP contribution in [-0.4, -0.2) is 22.3 Å². The molecule has 15 heavy (non-hydrogen) atoms. The van der Waals surface area contributed by atoms with E-state index in [4.69, 9.17) is 5.73 Å². The summed E-state index contributed by atoms with van der Waals surface area (Å²) in [7, 11) is 1.54. The number of carbonyl (C=O) groups excluding carboxylic acids is 1. The number of hydrogen-bond donors (Lipinski definition) is 2. The van der Waals surface area contributed by atoms with Gasteiger partial charge < -0.3 is 11.1 Å². The van der Waals surface area contributed by atoms with Crippen LogP contribution in [0.5, 0.6) is 0 Å². The van der Waals surface area contributed by atoms with E-state index in [1.165, 1.54) is 0 Å². The molecule has 0 bridgehead atoms. The smallest absolute Gasteiger partial charge is 0.273 e. The summed E-state index contributed by atoms with van der Waals surface area (Å²) in [4.78, 5) is 15.6. The van der Waals surface area contributed by atoms with Gasteiger partial charge in [0.15, 0.2) is 11.3 Å². The lowest BCUT2D eigenvalue weighted by Crippen LogP contribution is -2.19. The van der Waals surface area contributed by atoms with E-state index in [1.54, 1.807) is 17.6 Å². The molecule has 0 unspecified atom stereocenters. The minimum Gasteiger partial charge on any atom is -0.383 e. The lowest BCUT2D eigenvalue weighted by Gasteiger charge is -1.97. The second-order valence-corrected chi connectivity index (χ2v) is 3.83. The highest BCUT2D eigenvalue weighted by Crippen LogP contribution is 2.21. The summed E-state index contributed by atoms with van der Waals surface area (Å²) >= 11 is 3.34. The van der Waals surface area contributed by atoms with Crippen LogP contribution in [0.1, 0.15) is 10.5 Å². The normalized spacial score (nSPS) is 10.5. The van der Waals surface area contributed by atoms with Crippen LogP contribution in [0.3, 0.4) is 0 Å². The Bertz CT molecular complexity index is 534. The molecule has 0 radical (unpaired) electrons. The summed E-state index contributed by atoms with van der Waals surface area (Å²) in [6.07, 6.45) is 1.76. The van der Waals surface area contributed by atoms with E-state index in [0.29, 0.717) is 11.5 Å². The molecule has 2 aromatic heterocycles. The van der Waals surface area contributed by atoms with Crippen molar-refractivity contribution in [3.8, 4) is 0 Å². The predicted molar refractivity (Wildman–Crippen MR) is 60.7 cm³/mol. The van der Waals surface area contributed by atoms with Crippen molar-refractivity contribution in [2.75, 3.05) is 12.8 Å². The number of anilines is 1. The Kier molecular flexibility index (Phi) is 2.36. The monoisotopic (exact) mass is 268 g/mol. The zero-order chi connectivity index (χ0) is 11.0. The summed E-state index contributed by atoms with van der Waals surface area (Å²) < 4.78 is 2.46. The Morgan fingerprint density at radius 1 is 1.67 bits per heavy atom. The van der Waals surface area contributed by atoms with Gasteiger partial charge in [-0.15, -0.1) is 0 Å². The Morgan fingerprint density at radius 3 is 3.00 bits per heavy atom. The second-order valence-electron chi connectivity index (χ2n) is 2.97. The van der Waals surface area contributed by atoms with Crippen molar-refractivity contribution in [2.45, 2.75) is 0 Å². The average molecular weight is 269 g/mol. The van der Waals surface area contributed by atoms with E-state index in [9.17, 15) is 4.79 Å². The third kappa shape index (κ3) is 1.46. The van der Waals surface area contributed by atoms with Gasteiger partial charge in [0.05, 0.1) is 4.47 Å². The first-order chi connectivity index (χ1) is 7.15. The van der Waals surface area contributed by atoms with Gasteiger partial charge in [-0.1, -0.05) is 0 Å². The zero-order valence-corrected chi connectivity index (χ0v) is 9.58. The molecule has 2 aromatic rings. The fraction of sp³-hybridized carbons (Fsp3) is 0.111. The molecule has 6 heteroatoms. The first-order valence-corrected chi connectivity index (χ1v) is 5.08. The summed E-state index contributed by atoms with van der Waals surface area (Å²) in [5, 5.41) is 2.49. The van der Waals surface area contributed by atoms with Crippen LogP contribution in [-0.2, 0) is 0 Å². The number of amides is 1. The number of aromatic nitrogens is 2. The molecule has 0 fully saturated rings. The van der Waals surface area contributed by atoms with Crippen molar-refractivity contribution in [3.63, 3.8) is 0 Å². The van der Waals surface area contributed by atoms with E-state index < -0.39 is 0 Å². The number of nitrogen functional groups attached to an aromatic ring is 1. The Balaban J connectivity index is 2.75. The van der Waals surface area contributed by atoms with Crippen LogP contribution in [0.15, 0.2) is 22.8 Å². The molecule has 0 aliphatic rings. The zero-order valence-electron chi connectivity index (χ0n) is 7.99. The maximum atomic E-state index is 11.4. The average Bonchev–Trinajstić information content (AvgIpc) is 2.57. The number of nitrogens with one attached hydrogen (secondary N) is 1. The molecule has 0 spiro atoms. The third-order valence-corrected chi connectivity index (χ3v) is 2.70. The fourth-order valence-electron chi connectivity index (χ4n) is 1.34. The van der Waals surface area contributed by atoms with Gasteiger partial charge in [0.2, 0.25) is 0 Å². The topological polar surface area (TPSA) is 72.4 Å². The number of halogens is 1. The Hall–Kier alpha value is -1.56. The number of hydrogen-bond acceptors (Lipinski definition) is 3. The maximum absolute atomic E-state index is 11.4. The van der Waals surface area contributed by atoms with Crippen molar-refractivity contribution in [1.82, 2.24) is 14.7 Å². The van der Waals surface area contributed by atoms with Crippen LogP contribution in [0, 0.1) is 0 Å². The fourth-order valence-corrected chi connectivity index (χ4v) is 1.77. The second kappa shape index (κ2) is 3.54. The SMILES string of the molecule is CNC(=O)c1nc2c(Br)cccn2c1N. The van der Waals surface area contributed by atoms with Gasteiger partial charge in [-0.05, 0) is 28.1 Å². The Labute approximate surface area is 94.4 Å². The van der Waals surface area contributed by atoms with E-state index in [1.807, 2.05) is 12.1 Å². The number of nitrogens with zero attached hydrogens (tertiary/aromatic N) is 2. The number of fused-ring (bicyclic) bond motifs is 1. The number of imidazole rings is 1. The van der Waals surface area contributed by atoms with E-state index >= 15 is 0 Å². The molecule has 0 saturated carbocycles. The Morgan fingerprint density at radius 2 is 2.40 bits per heavy atom. The predicted octanol–water partition coefficient (Wildman–Crippen LogP) is 1.04. The first kappa shape index (κ1) is 9.97. The molecule has 1 amide bonds. The highest BCUT2D eigenvalue weighted by Gasteiger charge is 2.16. The van der Waals surface area contributed by atoms with Crippen molar-refractivity contribution in [1.29, 1.82) is 0 Å². The molecule has 2 rings (SSSR count). The lowest BCUT2D eigenvalue weighted by atomic mass is 10.4. The van der Waals surface area contributed by atoms with Gasteiger partial charge in [0, 0.05) is 13.2 Å². The maximum Gasteiger partial charge on any atom is 0.273 e. The lowest BCUT2D eigenvalue weighted by molar-refractivity contribution is 0.0959. The quantitative estimate of drug-likeness (QED) is 0.812. The molecule has 0 saturated heterocycles. The van der Waals surface area contributed by atoms with E-state index in [-0.39, 0.29) is 11.6 Å². The molecular weight excluding hydrogens is 260 g/mol. The van der Waals surface area contributed by atoms with Crippen molar-refractivity contribution in [3.05, 3.63) is 28.5 Å². The van der Waals surface area contributed by atoms with Crippen molar-refractivity contribution >= 4 is 33.3 Å². The van der Waals surface area contributed by atoms with E-state index in [2.05, 4.69) is 26.2 Å². The number of pyridine rings is 1. The summed E-state index contributed by atoms with van der Waals surface area (Å²) in [5.41, 5.74) is 6.68. The first-order valence-electron chi connectivity index (χ1n) is 4.29. The summed E-state index contributed by atoms with van der Waals surface area (Å²) in [6.45, 7) is 0. The van der Waals surface area contributed by atoms with Gasteiger partial charge in [-0.3, -0.25) is 9.20 Å². The van der Waals surface area contributed by atoms with Crippen LogP contribution >= 0.6 is 15.9 Å². The van der Waals surface area contributed by atoms with Gasteiger partial charge >= 0.3 is 0 Å². The summed E-state index contributed by atoms with van der Waals surface area (Å²) in [5.74, 6) is 0.0498. The van der Waals surface area contributed by atoms with E-state index in [0.717, 1.165) is 4.47 Å². The van der Waals surface area contributed by atoms with Crippen LogP contribution in [0.25, 0.3) is 5.65 Å². The molecule has 5 nitrogen and oxygen atoms in total. The van der Waals surface area contributed by atoms with Gasteiger partial charge in [-0.25, -0.2) is 4.98 Å². The highest BCUT2D eigenvalue weighted by atomic mass is 79.9. The third-order valence-electron chi connectivity index (χ3n) is 2.08. The molecular formula is C9H9BrN4O. The minimum atomic E-state index is -0.289. The molecule has 3 N–H and O–H groups in total. The van der Waals surface area contributed by atoms with Gasteiger partial charge in [0.25, 0.3) is 5.91 Å². The van der Waals surface area contributed by atoms with Crippen molar-refractivity contribution < 1.29 is 4.79 Å². The molecule has 78 valence electrons.